The van der Waals surface area contributed by atoms with E-state index in [1.165, 1.54) is 31.4 Å². The number of hydrogen-bond donors (Lipinski definition) is 0. The number of carbonyl (C=O) groups is 1. The van der Waals surface area contributed by atoms with Crippen LogP contribution in [0, 0.1) is 0 Å². The van der Waals surface area contributed by atoms with E-state index in [1.54, 1.807) is 18.2 Å². The van der Waals surface area contributed by atoms with E-state index >= 15 is 0 Å². The summed E-state index contributed by atoms with van der Waals surface area (Å²) in [5, 5.41) is 11.5. The van der Waals surface area contributed by atoms with Crippen LogP contribution in [0.4, 0.5) is 0 Å². The van der Waals surface area contributed by atoms with Gasteiger partial charge in [-0.2, -0.15) is 4.31 Å². The minimum Gasteiger partial charge on any atom is -0.548 e. The number of methoxy groups -OCH3 is 1. The Balaban J connectivity index is 2.02. The monoisotopic (exact) mass is 346 g/mol. The molecule has 6 nitrogen and oxygen atoms in total. The summed E-state index contributed by atoms with van der Waals surface area (Å²) in [6.45, 7) is 0.00316. The normalized spacial score (nSPS) is 18.0. The van der Waals surface area contributed by atoms with Crippen LogP contribution >= 0.6 is 0 Å². The zero-order valence-electron chi connectivity index (χ0n) is 13.0. The first kappa shape index (κ1) is 16.5. The van der Waals surface area contributed by atoms with Gasteiger partial charge >= 0.3 is 0 Å². The number of hydrogen-bond acceptors (Lipinski definition) is 5. The van der Waals surface area contributed by atoms with Gasteiger partial charge in [0.1, 0.15) is 5.75 Å². The highest BCUT2D eigenvalue weighted by atomic mass is 32.2. The molecule has 0 bridgehead atoms. The number of carbonyl (C=O) groups excluding carboxylic acids is 1. The first-order valence-electron chi connectivity index (χ1n) is 7.37. The Morgan fingerprint density at radius 1 is 1.12 bits per heavy atom. The Labute approximate surface area is 140 Å². The summed E-state index contributed by atoms with van der Waals surface area (Å²) < 4.78 is 31.8. The topological polar surface area (TPSA) is 86.7 Å². The fourth-order valence-electron chi connectivity index (χ4n) is 2.84. The molecule has 1 heterocycles. The molecule has 126 valence electrons. The molecule has 0 amide bonds. The van der Waals surface area contributed by atoms with Crippen LogP contribution in [0.3, 0.4) is 0 Å². The standard InChI is InChI=1S/C17H17NO5S/c1-23-14-6-8-15(9-7-14)24(21,22)18-11-13-5-3-2-4-12(13)10-16(18)17(19)20/h2-9,16H,10-11H2,1H3,(H,19,20)/p-1. The van der Waals surface area contributed by atoms with Gasteiger partial charge in [0.05, 0.1) is 24.0 Å². The molecule has 0 spiro atoms. The first-order chi connectivity index (χ1) is 11.4. The van der Waals surface area contributed by atoms with E-state index in [0.717, 1.165) is 15.4 Å². The molecule has 0 fully saturated rings. The maximum Gasteiger partial charge on any atom is 0.243 e. The molecule has 0 radical (unpaired) electrons. The van der Waals surface area contributed by atoms with Gasteiger partial charge in [-0.1, -0.05) is 24.3 Å². The van der Waals surface area contributed by atoms with Crippen molar-refractivity contribution in [1.29, 1.82) is 0 Å². The maximum absolute atomic E-state index is 12.9. The Kier molecular flexibility index (Phi) is 4.29. The third kappa shape index (κ3) is 2.88. The van der Waals surface area contributed by atoms with Crippen molar-refractivity contribution >= 4 is 16.0 Å². The van der Waals surface area contributed by atoms with Gasteiger partial charge in [0.25, 0.3) is 0 Å². The number of aliphatic carboxylic acids is 1. The van der Waals surface area contributed by atoms with E-state index in [2.05, 4.69) is 0 Å². The summed E-state index contributed by atoms with van der Waals surface area (Å²) in [5.41, 5.74) is 1.62. The van der Waals surface area contributed by atoms with E-state index in [0.29, 0.717) is 5.75 Å². The molecule has 1 aliphatic heterocycles. The fraction of sp³-hybridized carbons (Fsp3) is 0.235. The largest absolute Gasteiger partial charge is 0.548 e. The predicted molar refractivity (Wildman–Crippen MR) is 84.7 cm³/mol. The van der Waals surface area contributed by atoms with Crippen molar-refractivity contribution in [2.45, 2.75) is 23.9 Å². The average molecular weight is 346 g/mol. The molecule has 1 atom stereocenters. The SMILES string of the molecule is COc1ccc(S(=O)(=O)N2Cc3ccccc3CC2C(=O)[O-])cc1. The predicted octanol–water partition coefficient (Wildman–Crippen LogP) is 0.561. The summed E-state index contributed by atoms with van der Waals surface area (Å²) in [4.78, 5) is 11.5. The van der Waals surface area contributed by atoms with Crippen molar-refractivity contribution in [3.05, 3.63) is 59.7 Å². The lowest BCUT2D eigenvalue weighted by atomic mass is 9.96. The molecule has 1 aliphatic rings. The van der Waals surface area contributed by atoms with Gasteiger partial charge in [-0.25, -0.2) is 8.42 Å². The van der Waals surface area contributed by atoms with Crippen molar-refractivity contribution in [2.24, 2.45) is 0 Å². The van der Waals surface area contributed by atoms with Crippen LogP contribution in [0.5, 0.6) is 5.75 Å². The number of benzene rings is 2. The molecule has 0 N–H and O–H groups in total. The van der Waals surface area contributed by atoms with Crippen LogP contribution in [-0.2, 0) is 27.8 Å². The molecule has 0 aliphatic carbocycles. The van der Waals surface area contributed by atoms with Gasteiger partial charge < -0.3 is 14.6 Å². The molecule has 24 heavy (non-hydrogen) atoms. The Morgan fingerprint density at radius 3 is 2.33 bits per heavy atom. The Bertz CT molecular complexity index is 861. The number of ether oxygens (including phenoxy) is 1. The second-order valence-corrected chi connectivity index (χ2v) is 7.42. The molecule has 2 aromatic carbocycles. The molecule has 0 aromatic heterocycles. The molecular weight excluding hydrogens is 330 g/mol. The molecule has 1 unspecified atom stereocenters. The third-order valence-electron chi connectivity index (χ3n) is 4.14. The average Bonchev–Trinajstić information content (AvgIpc) is 2.60. The number of carboxylic acid groups (broad SMARTS) is 1. The second kappa shape index (κ2) is 6.26. The van der Waals surface area contributed by atoms with E-state index in [4.69, 9.17) is 4.74 Å². The number of fused-ring (bicyclic) bond motifs is 1. The minimum absolute atomic E-state index is 0.00316. The zero-order valence-corrected chi connectivity index (χ0v) is 13.8. The van der Waals surface area contributed by atoms with Crippen LogP contribution < -0.4 is 9.84 Å². The van der Waals surface area contributed by atoms with Gasteiger partial charge in [0.2, 0.25) is 10.0 Å². The summed E-state index contributed by atoms with van der Waals surface area (Å²) >= 11 is 0. The number of nitrogens with zero attached hydrogens (tertiary/aromatic N) is 1. The molecule has 7 heteroatoms. The van der Waals surface area contributed by atoms with Crippen molar-refractivity contribution < 1.29 is 23.1 Å². The van der Waals surface area contributed by atoms with Crippen LogP contribution in [0.2, 0.25) is 0 Å². The van der Waals surface area contributed by atoms with Crippen LogP contribution in [-0.4, -0.2) is 31.8 Å². The highest BCUT2D eigenvalue weighted by Gasteiger charge is 2.36. The van der Waals surface area contributed by atoms with E-state index in [1.807, 2.05) is 6.07 Å². The number of rotatable bonds is 4. The third-order valence-corrected chi connectivity index (χ3v) is 6.01. The first-order valence-corrected chi connectivity index (χ1v) is 8.81. The number of carboxylic acids is 1. The Morgan fingerprint density at radius 2 is 1.75 bits per heavy atom. The van der Waals surface area contributed by atoms with Crippen molar-refractivity contribution in [1.82, 2.24) is 4.31 Å². The molecule has 0 saturated carbocycles. The molecule has 2 aromatic rings. The molecule has 3 rings (SSSR count). The van der Waals surface area contributed by atoms with E-state index < -0.39 is 22.0 Å². The lowest BCUT2D eigenvalue weighted by Crippen LogP contribution is -2.53. The van der Waals surface area contributed by atoms with Gasteiger partial charge in [0.15, 0.2) is 0 Å². The number of sulfonamides is 1. The Hall–Kier alpha value is -2.38. The maximum atomic E-state index is 12.9. The quantitative estimate of drug-likeness (QED) is 0.807. The van der Waals surface area contributed by atoms with Crippen LogP contribution in [0.15, 0.2) is 53.4 Å². The van der Waals surface area contributed by atoms with Crippen LogP contribution in [0.25, 0.3) is 0 Å². The minimum atomic E-state index is -3.97. The molecule has 0 saturated heterocycles. The second-order valence-electron chi connectivity index (χ2n) is 5.53. The van der Waals surface area contributed by atoms with Crippen LogP contribution in [0.1, 0.15) is 11.1 Å². The van der Waals surface area contributed by atoms with Gasteiger partial charge in [-0.05, 0) is 41.8 Å². The van der Waals surface area contributed by atoms with Gasteiger partial charge in [0, 0.05) is 6.54 Å². The van der Waals surface area contributed by atoms with E-state index in [-0.39, 0.29) is 17.9 Å². The smallest absolute Gasteiger partial charge is 0.243 e. The lowest BCUT2D eigenvalue weighted by Gasteiger charge is -2.36. The fourth-order valence-corrected chi connectivity index (χ4v) is 4.39. The zero-order chi connectivity index (χ0) is 17.3. The highest BCUT2D eigenvalue weighted by molar-refractivity contribution is 7.89. The molecular formula is C17H16NO5S-. The highest BCUT2D eigenvalue weighted by Crippen LogP contribution is 2.29. The van der Waals surface area contributed by atoms with E-state index in [9.17, 15) is 18.3 Å². The van der Waals surface area contributed by atoms with Gasteiger partial charge in [-0.3, -0.25) is 0 Å². The van der Waals surface area contributed by atoms with Crippen molar-refractivity contribution in [3.63, 3.8) is 0 Å². The van der Waals surface area contributed by atoms with Crippen molar-refractivity contribution in [2.75, 3.05) is 7.11 Å². The lowest BCUT2D eigenvalue weighted by molar-refractivity contribution is -0.310. The van der Waals surface area contributed by atoms with Crippen molar-refractivity contribution in [3.8, 4) is 5.75 Å². The summed E-state index contributed by atoms with van der Waals surface area (Å²) in [6, 6.07) is 11.8. The summed E-state index contributed by atoms with van der Waals surface area (Å²) in [6.07, 6.45) is 0.0912. The summed E-state index contributed by atoms with van der Waals surface area (Å²) in [7, 11) is -2.48. The summed E-state index contributed by atoms with van der Waals surface area (Å²) in [5.74, 6) is -0.879. The van der Waals surface area contributed by atoms with Gasteiger partial charge in [-0.15, -0.1) is 0 Å².